The van der Waals surface area contributed by atoms with Crippen LogP contribution in [0.15, 0.2) is 12.4 Å². The summed E-state index contributed by atoms with van der Waals surface area (Å²) in [6, 6.07) is 0. The maximum atomic E-state index is 11.4. The van der Waals surface area contributed by atoms with E-state index < -0.39 is 0 Å². The Kier molecular flexibility index (Phi) is 2.60. The second kappa shape index (κ2) is 3.49. The lowest BCUT2D eigenvalue weighted by Crippen LogP contribution is -2.23. The zero-order valence-corrected chi connectivity index (χ0v) is 7.61. The SMILES string of the molecule is CN(C)CC(=O)c1nccn1C. The molecule has 0 fully saturated rings. The molecule has 0 amide bonds. The van der Waals surface area contributed by atoms with Crippen LogP contribution in [-0.2, 0) is 7.05 Å². The Morgan fingerprint density at radius 2 is 2.33 bits per heavy atom. The van der Waals surface area contributed by atoms with Gasteiger partial charge in [-0.1, -0.05) is 0 Å². The fourth-order valence-electron chi connectivity index (χ4n) is 0.992. The Bertz CT molecular complexity index is 278. The van der Waals surface area contributed by atoms with Crippen molar-refractivity contribution in [3.8, 4) is 0 Å². The number of hydrogen-bond donors (Lipinski definition) is 0. The molecule has 0 radical (unpaired) electrons. The highest BCUT2D eigenvalue weighted by molar-refractivity contribution is 5.94. The van der Waals surface area contributed by atoms with Gasteiger partial charge in [0.15, 0.2) is 5.82 Å². The van der Waals surface area contributed by atoms with Gasteiger partial charge in [0, 0.05) is 19.4 Å². The molecule has 4 heteroatoms. The molecule has 0 aliphatic rings. The summed E-state index contributed by atoms with van der Waals surface area (Å²) in [6.45, 7) is 0.408. The molecule has 0 aliphatic carbocycles. The first-order valence-electron chi connectivity index (χ1n) is 3.76. The first kappa shape index (κ1) is 8.93. The minimum atomic E-state index is 0.0486. The number of Topliss-reactive ketones (excluding diaryl/α,β-unsaturated/α-hetero) is 1. The van der Waals surface area contributed by atoms with Gasteiger partial charge in [-0.3, -0.25) is 4.79 Å². The minimum absolute atomic E-state index is 0.0486. The summed E-state index contributed by atoms with van der Waals surface area (Å²) in [4.78, 5) is 17.2. The fourth-order valence-corrected chi connectivity index (χ4v) is 0.992. The van der Waals surface area contributed by atoms with E-state index in [1.165, 1.54) is 0 Å². The van der Waals surface area contributed by atoms with E-state index in [9.17, 15) is 4.79 Å². The van der Waals surface area contributed by atoms with E-state index in [-0.39, 0.29) is 5.78 Å². The van der Waals surface area contributed by atoms with Crippen molar-refractivity contribution in [3.05, 3.63) is 18.2 Å². The van der Waals surface area contributed by atoms with E-state index >= 15 is 0 Å². The third-order valence-corrected chi connectivity index (χ3v) is 1.53. The fraction of sp³-hybridized carbons (Fsp3) is 0.500. The molecule has 0 saturated carbocycles. The molecule has 1 heterocycles. The molecule has 0 atom stereocenters. The average Bonchev–Trinajstić information content (AvgIpc) is 2.33. The number of imidazole rings is 1. The van der Waals surface area contributed by atoms with Gasteiger partial charge in [-0.15, -0.1) is 0 Å². The van der Waals surface area contributed by atoms with Gasteiger partial charge in [-0.05, 0) is 14.1 Å². The summed E-state index contributed by atoms with van der Waals surface area (Å²) >= 11 is 0. The van der Waals surface area contributed by atoms with Gasteiger partial charge in [0.25, 0.3) is 0 Å². The number of hydrogen-bond acceptors (Lipinski definition) is 3. The number of rotatable bonds is 3. The molecular weight excluding hydrogens is 154 g/mol. The highest BCUT2D eigenvalue weighted by atomic mass is 16.1. The van der Waals surface area contributed by atoms with Crippen molar-refractivity contribution in [2.45, 2.75) is 0 Å². The molecule has 0 N–H and O–H groups in total. The number of likely N-dealkylation sites (N-methyl/N-ethyl adjacent to an activating group) is 1. The lowest BCUT2D eigenvalue weighted by Gasteiger charge is -2.07. The first-order valence-corrected chi connectivity index (χ1v) is 3.76. The van der Waals surface area contributed by atoms with Crippen LogP contribution in [-0.4, -0.2) is 40.9 Å². The van der Waals surface area contributed by atoms with Gasteiger partial charge < -0.3 is 9.47 Å². The Morgan fingerprint density at radius 3 is 2.75 bits per heavy atom. The summed E-state index contributed by atoms with van der Waals surface area (Å²) in [5.74, 6) is 0.566. The number of aryl methyl sites for hydroxylation is 1. The molecule has 1 aromatic rings. The standard InChI is InChI=1S/C8H13N3O/c1-10(2)6-7(12)8-9-4-5-11(8)3/h4-5H,6H2,1-3H3. The zero-order valence-electron chi connectivity index (χ0n) is 7.61. The number of aromatic nitrogens is 2. The minimum Gasteiger partial charge on any atom is -0.332 e. The molecule has 0 aromatic carbocycles. The predicted octanol–water partition coefficient (Wildman–Crippen LogP) is 0.164. The number of ketones is 1. The van der Waals surface area contributed by atoms with Crippen LogP contribution in [0.3, 0.4) is 0 Å². The quantitative estimate of drug-likeness (QED) is 0.602. The van der Waals surface area contributed by atoms with Crippen molar-refractivity contribution in [2.24, 2.45) is 7.05 Å². The van der Waals surface area contributed by atoms with Crippen molar-refractivity contribution in [1.82, 2.24) is 14.5 Å². The normalized spacial score (nSPS) is 10.7. The largest absolute Gasteiger partial charge is 0.332 e. The molecule has 0 aliphatic heterocycles. The van der Waals surface area contributed by atoms with Gasteiger partial charge in [0.1, 0.15) is 0 Å². The van der Waals surface area contributed by atoms with Crippen molar-refractivity contribution >= 4 is 5.78 Å². The molecule has 0 saturated heterocycles. The van der Waals surface area contributed by atoms with Gasteiger partial charge >= 0.3 is 0 Å². The van der Waals surface area contributed by atoms with Crippen molar-refractivity contribution in [1.29, 1.82) is 0 Å². The topological polar surface area (TPSA) is 38.1 Å². The molecule has 12 heavy (non-hydrogen) atoms. The predicted molar refractivity (Wildman–Crippen MR) is 46.1 cm³/mol. The highest BCUT2D eigenvalue weighted by Crippen LogP contribution is 1.96. The Labute approximate surface area is 71.8 Å². The monoisotopic (exact) mass is 167 g/mol. The molecule has 1 aromatic heterocycles. The molecule has 0 unspecified atom stereocenters. The summed E-state index contributed by atoms with van der Waals surface area (Å²) in [6.07, 6.45) is 3.39. The van der Waals surface area contributed by atoms with Gasteiger partial charge in [0.05, 0.1) is 6.54 Å². The van der Waals surface area contributed by atoms with Crippen LogP contribution < -0.4 is 0 Å². The lowest BCUT2D eigenvalue weighted by atomic mass is 10.3. The maximum absolute atomic E-state index is 11.4. The molecule has 66 valence electrons. The second-order valence-electron chi connectivity index (χ2n) is 3.02. The van der Waals surface area contributed by atoms with Crippen LogP contribution in [0.5, 0.6) is 0 Å². The van der Waals surface area contributed by atoms with E-state index in [1.54, 1.807) is 17.0 Å². The lowest BCUT2D eigenvalue weighted by molar-refractivity contribution is 0.0944. The van der Waals surface area contributed by atoms with E-state index in [1.807, 2.05) is 26.0 Å². The van der Waals surface area contributed by atoms with E-state index in [0.29, 0.717) is 12.4 Å². The Balaban J connectivity index is 2.72. The summed E-state index contributed by atoms with van der Waals surface area (Å²) in [5, 5.41) is 0. The van der Waals surface area contributed by atoms with Gasteiger partial charge in [-0.25, -0.2) is 4.98 Å². The first-order chi connectivity index (χ1) is 5.61. The van der Waals surface area contributed by atoms with Crippen LogP contribution >= 0.6 is 0 Å². The third-order valence-electron chi connectivity index (χ3n) is 1.53. The van der Waals surface area contributed by atoms with Crippen molar-refractivity contribution < 1.29 is 4.79 Å². The van der Waals surface area contributed by atoms with Crippen LogP contribution in [0.2, 0.25) is 0 Å². The van der Waals surface area contributed by atoms with E-state index in [2.05, 4.69) is 4.98 Å². The molecule has 4 nitrogen and oxygen atoms in total. The molecule has 0 spiro atoms. The number of carbonyl (C=O) groups excluding carboxylic acids is 1. The van der Waals surface area contributed by atoms with Crippen molar-refractivity contribution in [3.63, 3.8) is 0 Å². The second-order valence-corrected chi connectivity index (χ2v) is 3.02. The summed E-state index contributed by atoms with van der Waals surface area (Å²) in [7, 11) is 5.54. The Morgan fingerprint density at radius 1 is 1.67 bits per heavy atom. The van der Waals surface area contributed by atoms with Crippen LogP contribution in [0.25, 0.3) is 0 Å². The van der Waals surface area contributed by atoms with E-state index in [4.69, 9.17) is 0 Å². The summed E-state index contributed by atoms with van der Waals surface area (Å²) in [5.41, 5.74) is 0. The van der Waals surface area contributed by atoms with Crippen LogP contribution in [0, 0.1) is 0 Å². The van der Waals surface area contributed by atoms with Crippen LogP contribution in [0.1, 0.15) is 10.6 Å². The van der Waals surface area contributed by atoms with Crippen molar-refractivity contribution in [2.75, 3.05) is 20.6 Å². The maximum Gasteiger partial charge on any atom is 0.212 e. The van der Waals surface area contributed by atoms with Gasteiger partial charge in [-0.2, -0.15) is 0 Å². The molecule has 0 bridgehead atoms. The Hall–Kier alpha value is -1.16. The average molecular weight is 167 g/mol. The molecular formula is C8H13N3O. The molecule has 1 rings (SSSR count). The van der Waals surface area contributed by atoms with Gasteiger partial charge in [0.2, 0.25) is 5.78 Å². The number of nitrogens with zero attached hydrogens (tertiary/aromatic N) is 3. The highest BCUT2D eigenvalue weighted by Gasteiger charge is 2.10. The summed E-state index contributed by atoms with van der Waals surface area (Å²) < 4.78 is 1.73. The zero-order chi connectivity index (χ0) is 9.14. The van der Waals surface area contributed by atoms with Crippen LogP contribution in [0.4, 0.5) is 0 Å². The smallest absolute Gasteiger partial charge is 0.212 e. The number of carbonyl (C=O) groups is 1. The van der Waals surface area contributed by atoms with E-state index in [0.717, 1.165) is 0 Å². The third kappa shape index (κ3) is 1.92.